The number of amides is 1. The van der Waals surface area contributed by atoms with Crippen LogP contribution in [0, 0.1) is 6.92 Å². The first-order valence-corrected chi connectivity index (χ1v) is 10.1. The van der Waals surface area contributed by atoms with Gasteiger partial charge in [-0.25, -0.2) is 14.8 Å². The third-order valence-corrected chi connectivity index (χ3v) is 5.07. The molecule has 2 heterocycles. The zero-order valence-electron chi connectivity index (χ0n) is 17.2. The topological polar surface area (TPSA) is 97.8 Å². The van der Waals surface area contributed by atoms with Crippen molar-refractivity contribution in [1.82, 2.24) is 19.8 Å². The Morgan fingerprint density at radius 1 is 1.34 bits per heavy atom. The first kappa shape index (κ1) is 20.7. The molecule has 8 nitrogen and oxygen atoms in total. The lowest BCUT2D eigenvalue weighted by Crippen LogP contribution is -2.48. The number of hydrogen-bond donors (Lipinski definition) is 2. The number of ether oxygens (including phenoxy) is 1. The van der Waals surface area contributed by atoms with Gasteiger partial charge in [0.05, 0.1) is 13.2 Å². The molecule has 3 N–H and O–H groups in total. The number of aryl methyl sites for hydroxylation is 1. The van der Waals surface area contributed by atoms with Crippen molar-refractivity contribution < 1.29 is 9.53 Å². The Kier molecular flexibility index (Phi) is 7.10. The maximum atomic E-state index is 11.8. The van der Waals surface area contributed by atoms with E-state index in [1.807, 2.05) is 32.3 Å². The van der Waals surface area contributed by atoms with Crippen LogP contribution in [0.3, 0.4) is 0 Å². The van der Waals surface area contributed by atoms with Gasteiger partial charge in [0.2, 0.25) is 0 Å². The van der Waals surface area contributed by atoms with Gasteiger partial charge in [0.1, 0.15) is 5.82 Å². The van der Waals surface area contributed by atoms with Crippen molar-refractivity contribution in [2.24, 2.45) is 10.7 Å². The maximum absolute atomic E-state index is 11.8. The number of nitrogens with two attached hydrogens (primary N) is 1. The summed E-state index contributed by atoms with van der Waals surface area (Å²) in [6.45, 7) is 6.86. The molecule has 156 valence electrons. The first-order chi connectivity index (χ1) is 14.0. The zero-order chi connectivity index (χ0) is 20.6. The lowest BCUT2D eigenvalue weighted by Gasteiger charge is -2.31. The van der Waals surface area contributed by atoms with Gasteiger partial charge < -0.3 is 25.3 Å². The summed E-state index contributed by atoms with van der Waals surface area (Å²) in [6.07, 6.45) is 5.21. The fourth-order valence-electron chi connectivity index (χ4n) is 3.45. The number of imidazole rings is 1. The van der Waals surface area contributed by atoms with Crippen LogP contribution >= 0.6 is 0 Å². The number of hydrogen-bond acceptors (Lipinski definition) is 4. The van der Waals surface area contributed by atoms with Crippen LogP contribution in [0.2, 0.25) is 0 Å². The monoisotopic (exact) mass is 398 g/mol. The molecule has 0 atom stereocenters. The summed E-state index contributed by atoms with van der Waals surface area (Å²) in [5, 5.41) is 3.28. The molecule has 0 aliphatic carbocycles. The van der Waals surface area contributed by atoms with Crippen LogP contribution < -0.4 is 11.1 Å². The van der Waals surface area contributed by atoms with E-state index in [4.69, 9.17) is 10.5 Å². The van der Waals surface area contributed by atoms with Gasteiger partial charge in [0, 0.05) is 38.1 Å². The standard InChI is InChI=1S/C21H30N6O2/c1-3-29-21(28)26-10-7-19(8-11-26)25-20(22)24-14-17-5-4-6-18(13-17)15-27-12-9-23-16(27)2/h4-6,9,12-13,19H,3,7-8,10-11,14-15H2,1-2H3,(H3,22,24,25). The molecule has 8 heteroatoms. The van der Waals surface area contributed by atoms with Gasteiger partial charge in [-0.05, 0) is 37.8 Å². The zero-order valence-corrected chi connectivity index (χ0v) is 17.2. The minimum absolute atomic E-state index is 0.222. The Balaban J connectivity index is 1.48. The maximum Gasteiger partial charge on any atom is 0.409 e. The number of carbonyl (C=O) groups excluding carboxylic acids is 1. The number of piperidine rings is 1. The number of guanidine groups is 1. The highest BCUT2D eigenvalue weighted by atomic mass is 16.6. The molecule has 0 bridgehead atoms. The number of likely N-dealkylation sites (tertiary alicyclic amines) is 1. The van der Waals surface area contributed by atoms with Gasteiger partial charge in [-0.15, -0.1) is 0 Å². The van der Waals surface area contributed by atoms with Crippen LogP contribution in [0.5, 0.6) is 0 Å². The molecule has 1 aromatic heterocycles. The molecule has 0 unspecified atom stereocenters. The van der Waals surface area contributed by atoms with E-state index in [0.29, 0.717) is 32.2 Å². The van der Waals surface area contributed by atoms with Crippen molar-refractivity contribution in [3.05, 3.63) is 53.6 Å². The van der Waals surface area contributed by atoms with E-state index in [0.717, 1.165) is 30.8 Å². The molecule has 1 aliphatic rings. The quantitative estimate of drug-likeness (QED) is 0.575. The summed E-state index contributed by atoms with van der Waals surface area (Å²) in [5.41, 5.74) is 8.40. The van der Waals surface area contributed by atoms with Crippen molar-refractivity contribution in [3.8, 4) is 0 Å². The number of carbonyl (C=O) groups is 1. The molecular formula is C21H30N6O2. The largest absolute Gasteiger partial charge is 0.450 e. The summed E-state index contributed by atoms with van der Waals surface area (Å²) in [7, 11) is 0. The third-order valence-electron chi connectivity index (χ3n) is 5.07. The number of aromatic nitrogens is 2. The number of aliphatic imine (C=N–C) groups is 1. The van der Waals surface area contributed by atoms with Gasteiger partial charge >= 0.3 is 6.09 Å². The number of nitrogens with zero attached hydrogens (tertiary/aromatic N) is 4. The van der Waals surface area contributed by atoms with Crippen LogP contribution in [-0.2, 0) is 17.8 Å². The second-order valence-corrected chi connectivity index (χ2v) is 7.23. The van der Waals surface area contributed by atoms with Crippen molar-refractivity contribution >= 4 is 12.1 Å². The Hall–Kier alpha value is -3.03. The van der Waals surface area contributed by atoms with Crippen LogP contribution in [0.4, 0.5) is 4.79 Å². The van der Waals surface area contributed by atoms with Crippen molar-refractivity contribution in [1.29, 1.82) is 0 Å². The summed E-state index contributed by atoms with van der Waals surface area (Å²) in [4.78, 5) is 22.2. The van der Waals surface area contributed by atoms with Crippen LogP contribution in [0.1, 0.15) is 36.7 Å². The van der Waals surface area contributed by atoms with Gasteiger partial charge in [-0.3, -0.25) is 0 Å². The van der Waals surface area contributed by atoms with Gasteiger partial charge in [0.15, 0.2) is 5.96 Å². The fraction of sp³-hybridized carbons (Fsp3) is 0.476. The average Bonchev–Trinajstić information content (AvgIpc) is 3.12. The second-order valence-electron chi connectivity index (χ2n) is 7.23. The van der Waals surface area contributed by atoms with Crippen LogP contribution in [0.25, 0.3) is 0 Å². The Bertz CT molecular complexity index is 839. The van der Waals surface area contributed by atoms with E-state index < -0.39 is 0 Å². The third kappa shape index (κ3) is 5.97. The highest BCUT2D eigenvalue weighted by Crippen LogP contribution is 2.12. The molecule has 1 aromatic carbocycles. The van der Waals surface area contributed by atoms with Gasteiger partial charge in [-0.1, -0.05) is 24.3 Å². The SMILES string of the molecule is CCOC(=O)N1CCC(NC(N)=NCc2cccc(Cn3ccnc3C)c2)CC1. The van der Waals surface area contributed by atoms with Crippen LogP contribution in [-0.4, -0.2) is 52.2 Å². The first-order valence-electron chi connectivity index (χ1n) is 10.1. The normalized spacial score (nSPS) is 15.4. The molecule has 1 aliphatic heterocycles. The molecule has 3 rings (SSSR count). The summed E-state index contributed by atoms with van der Waals surface area (Å²) < 4.78 is 7.16. The minimum atomic E-state index is -0.238. The average molecular weight is 399 g/mol. The van der Waals surface area contributed by atoms with Crippen molar-refractivity contribution in [3.63, 3.8) is 0 Å². The summed E-state index contributed by atoms with van der Waals surface area (Å²) in [5.74, 6) is 1.44. The van der Waals surface area contributed by atoms with E-state index >= 15 is 0 Å². The van der Waals surface area contributed by atoms with Gasteiger partial charge in [0.25, 0.3) is 0 Å². The van der Waals surface area contributed by atoms with E-state index in [1.165, 1.54) is 5.56 Å². The van der Waals surface area contributed by atoms with Crippen LogP contribution in [0.15, 0.2) is 41.7 Å². The van der Waals surface area contributed by atoms with E-state index in [-0.39, 0.29) is 12.1 Å². The van der Waals surface area contributed by atoms with Gasteiger partial charge in [-0.2, -0.15) is 0 Å². The molecule has 0 spiro atoms. The minimum Gasteiger partial charge on any atom is -0.450 e. The predicted octanol–water partition coefficient (Wildman–Crippen LogP) is 2.27. The summed E-state index contributed by atoms with van der Waals surface area (Å²) in [6, 6.07) is 8.57. The highest BCUT2D eigenvalue weighted by molar-refractivity contribution is 5.78. The highest BCUT2D eigenvalue weighted by Gasteiger charge is 2.23. The molecule has 2 aromatic rings. The van der Waals surface area contributed by atoms with E-state index in [2.05, 4.69) is 38.1 Å². The van der Waals surface area contributed by atoms with Crippen molar-refractivity contribution in [2.45, 2.75) is 45.8 Å². The molecule has 1 amide bonds. The number of nitrogens with one attached hydrogen (secondary N) is 1. The Morgan fingerprint density at radius 2 is 2.10 bits per heavy atom. The molecule has 1 saturated heterocycles. The molecule has 29 heavy (non-hydrogen) atoms. The Labute approximate surface area is 171 Å². The molecular weight excluding hydrogens is 368 g/mol. The number of benzene rings is 1. The van der Waals surface area contributed by atoms with Crippen molar-refractivity contribution in [2.75, 3.05) is 19.7 Å². The smallest absolute Gasteiger partial charge is 0.409 e. The lowest BCUT2D eigenvalue weighted by molar-refractivity contribution is 0.0963. The predicted molar refractivity (Wildman–Crippen MR) is 113 cm³/mol. The second kappa shape index (κ2) is 9.95. The number of rotatable bonds is 6. The fourth-order valence-corrected chi connectivity index (χ4v) is 3.45. The lowest BCUT2D eigenvalue weighted by atomic mass is 10.1. The molecule has 0 saturated carbocycles. The Morgan fingerprint density at radius 3 is 2.79 bits per heavy atom. The summed E-state index contributed by atoms with van der Waals surface area (Å²) >= 11 is 0. The van der Waals surface area contributed by atoms with E-state index in [9.17, 15) is 4.79 Å². The molecule has 0 radical (unpaired) electrons. The van der Waals surface area contributed by atoms with E-state index in [1.54, 1.807) is 4.90 Å². The molecule has 1 fully saturated rings.